The van der Waals surface area contributed by atoms with Gasteiger partial charge in [0.2, 0.25) is 0 Å². The Morgan fingerprint density at radius 1 is 0.583 bits per heavy atom. The molecular formula is C21H21NO2. The fourth-order valence-corrected chi connectivity index (χ4v) is 2.86. The molecule has 0 aromatic heterocycles. The summed E-state index contributed by atoms with van der Waals surface area (Å²) < 4.78 is 10.5. The van der Waals surface area contributed by atoms with Crippen LogP contribution in [0.5, 0.6) is 11.5 Å². The van der Waals surface area contributed by atoms with Crippen LogP contribution in [0.1, 0.15) is 22.6 Å². The van der Waals surface area contributed by atoms with Crippen LogP contribution in [-0.2, 0) is 0 Å². The lowest BCUT2D eigenvalue weighted by molar-refractivity contribution is 0.414. The Morgan fingerprint density at radius 3 is 1.25 bits per heavy atom. The third-order valence-corrected chi connectivity index (χ3v) is 4.17. The molecule has 0 atom stereocenters. The molecule has 0 saturated carbocycles. The Hall–Kier alpha value is -2.94. The highest BCUT2D eigenvalue weighted by Crippen LogP contribution is 2.34. The molecule has 2 N–H and O–H groups in total. The summed E-state index contributed by atoms with van der Waals surface area (Å²) in [4.78, 5) is 0. The third kappa shape index (κ3) is 3.35. The number of nitrogen functional groups attached to an aromatic ring is 1. The number of nitrogens with two attached hydrogens (primary N) is 1. The molecule has 0 spiro atoms. The molecule has 24 heavy (non-hydrogen) atoms. The lowest BCUT2D eigenvalue weighted by Gasteiger charge is -2.19. The van der Waals surface area contributed by atoms with E-state index in [0.29, 0.717) is 0 Å². The van der Waals surface area contributed by atoms with E-state index in [0.717, 1.165) is 17.2 Å². The molecule has 3 rings (SSSR count). The van der Waals surface area contributed by atoms with Crippen molar-refractivity contribution in [2.75, 3.05) is 20.0 Å². The molecular weight excluding hydrogens is 298 g/mol. The molecule has 3 aromatic carbocycles. The average Bonchev–Trinajstić information content (AvgIpc) is 2.64. The topological polar surface area (TPSA) is 44.5 Å². The maximum Gasteiger partial charge on any atom is 0.118 e. The van der Waals surface area contributed by atoms with Crippen molar-refractivity contribution in [2.45, 2.75) is 5.92 Å². The number of hydrogen-bond acceptors (Lipinski definition) is 3. The first-order valence-electron chi connectivity index (χ1n) is 7.84. The quantitative estimate of drug-likeness (QED) is 0.557. The van der Waals surface area contributed by atoms with Crippen molar-refractivity contribution in [3.63, 3.8) is 0 Å². The minimum Gasteiger partial charge on any atom is -0.497 e. The summed E-state index contributed by atoms with van der Waals surface area (Å²) >= 11 is 0. The molecule has 0 unspecified atom stereocenters. The Kier molecular flexibility index (Phi) is 4.71. The van der Waals surface area contributed by atoms with E-state index in [2.05, 4.69) is 36.4 Å². The molecule has 3 heteroatoms. The highest BCUT2D eigenvalue weighted by Gasteiger charge is 2.17. The van der Waals surface area contributed by atoms with E-state index < -0.39 is 0 Å². The van der Waals surface area contributed by atoms with E-state index >= 15 is 0 Å². The van der Waals surface area contributed by atoms with Crippen LogP contribution < -0.4 is 15.2 Å². The Balaban J connectivity index is 2.06. The summed E-state index contributed by atoms with van der Waals surface area (Å²) in [5.41, 5.74) is 10.2. The molecule has 0 aliphatic rings. The lowest BCUT2D eigenvalue weighted by atomic mass is 9.85. The predicted molar refractivity (Wildman–Crippen MR) is 97.8 cm³/mol. The summed E-state index contributed by atoms with van der Waals surface area (Å²) in [6.07, 6.45) is 0. The van der Waals surface area contributed by atoms with E-state index in [9.17, 15) is 0 Å². The summed E-state index contributed by atoms with van der Waals surface area (Å²) in [7, 11) is 3.35. The van der Waals surface area contributed by atoms with E-state index in [1.165, 1.54) is 16.7 Å². The Labute approximate surface area is 142 Å². The van der Waals surface area contributed by atoms with Gasteiger partial charge in [-0.2, -0.15) is 0 Å². The van der Waals surface area contributed by atoms with Crippen LogP contribution in [-0.4, -0.2) is 14.2 Å². The highest BCUT2D eigenvalue weighted by atomic mass is 16.5. The molecule has 0 bridgehead atoms. The van der Waals surface area contributed by atoms with E-state index in [1.54, 1.807) is 14.2 Å². The van der Waals surface area contributed by atoms with E-state index in [1.807, 2.05) is 36.4 Å². The van der Waals surface area contributed by atoms with Crippen LogP contribution >= 0.6 is 0 Å². The van der Waals surface area contributed by atoms with E-state index in [-0.39, 0.29) is 5.92 Å². The number of benzene rings is 3. The first-order chi connectivity index (χ1) is 11.7. The summed E-state index contributed by atoms with van der Waals surface area (Å²) in [6.45, 7) is 0. The summed E-state index contributed by atoms with van der Waals surface area (Å²) in [5, 5.41) is 0. The van der Waals surface area contributed by atoms with Crippen LogP contribution in [0.4, 0.5) is 5.69 Å². The molecule has 0 fully saturated rings. The van der Waals surface area contributed by atoms with Crippen molar-refractivity contribution in [3.05, 3.63) is 89.5 Å². The van der Waals surface area contributed by atoms with Crippen molar-refractivity contribution < 1.29 is 9.47 Å². The molecule has 122 valence electrons. The second kappa shape index (κ2) is 7.09. The minimum absolute atomic E-state index is 0.127. The zero-order valence-corrected chi connectivity index (χ0v) is 13.9. The molecule has 0 heterocycles. The van der Waals surface area contributed by atoms with Crippen molar-refractivity contribution >= 4 is 5.69 Å². The monoisotopic (exact) mass is 319 g/mol. The van der Waals surface area contributed by atoms with Gasteiger partial charge in [0.25, 0.3) is 0 Å². The van der Waals surface area contributed by atoms with Crippen molar-refractivity contribution in [1.82, 2.24) is 0 Å². The standard InChI is InChI=1S/C21H21NO2/c1-23-19-11-5-16(6-12-19)21(15-3-9-18(22)10-4-15)17-7-13-20(24-2)14-8-17/h3-14,21H,22H2,1-2H3. The number of hydrogen-bond donors (Lipinski definition) is 1. The fraction of sp³-hybridized carbons (Fsp3) is 0.143. The minimum atomic E-state index is 0.127. The predicted octanol–water partition coefficient (Wildman–Crippen LogP) is 4.47. The maximum atomic E-state index is 5.85. The SMILES string of the molecule is COc1ccc(C(c2ccc(N)cc2)c2ccc(OC)cc2)cc1. The second-order valence-electron chi connectivity index (χ2n) is 5.65. The van der Waals surface area contributed by atoms with Gasteiger partial charge in [-0.05, 0) is 53.1 Å². The molecule has 0 aliphatic heterocycles. The number of rotatable bonds is 5. The zero-order chi connectivity index (χ0) is 16.9. The number of methoxy groups -OCH3 is 2. The largest absolute Gasteiger partial charge is 0.497 e. The van der Waals surface area contributed by atoms with Crippen molar-refractivity contribution in [1.29, 1.82) is 0 Å². The number of anilines is 1. The zero-order valence-electron chi connectivity index (χ0n) is 13.9. The Bertz CT molecular complexity index is 730. The highest BCUT2D eigenvalue weighted by molar-refractivity contribution is 5.49. The van der Waals surface area contributed by atoms with Gasteiger partial charge in [-0.3, -0.25) is 0 Å². The van der Waals surface area contributed by atoms with Crippen LogP contribution in [0.15, 0.2) is 72.8 Å². The first kappa shape index (κ1) is 15.9. The molecule has 0 amide bonds. The molecule has 3 aromatic rings. The van der Waals surface area contributed by atoms with Crippen LogP contribution in [0.25, 0.3) is 0 Å². The van der Waals surface area contributed by atoms with Crippen molar-refractivity contribution in [2.24, 2.45) is 0 Å². The molecule has 0 saturated heterocycles. The van der Waals surface area contributed by atoms with Crippen LogP contribution in [0, 0.1) is 0 Å². The fourth-order valence-electron chi connectivity index (χ4n) is 2.86. The van der Waals surface area contributed by atoms with Gasteiger partial charge in [0, 0.05) is 11.6 Å². The molecule has 0 aliphatic carbocycles. The van der Waals surface area contributed by atoms with Gasteiger partial charge in [0.1, 0.15) is 11.5 Å². The average molecular weight is 319 g/mol. The summed E-state index contributed by atoms with van der Waals surface area (Å²) in [5.74, 6) is 1.83. The molecule has 3 nitrogen and oxygen atoms in total. The van der Waals surface area contributed by atoms with E-state index in [4.69, 9.17) is 15.2 Å². The number of ether oxygens (including phenoxy) is 2. The summed E-state index contributed by atoms with van der Waals surface area (Å²) in [6, 6.07) is 24.4. The van der Waals surface area contributed by atoms with Gasteiger partial charge >= 0.3 is 0 Å². The van der Waals surface area contributed by atoms with Crippen LogP contribution in [0.3, 0.4) is 0 Å². The Morgan fingerprint density at radius 2 is 0.917 bits per heavy atom. The van der Waals surface area contributed by atoms with Gasteiger partial charge < -0.3 is 15.2 Å². The van der Waals surface area contributed by atoms with Gasteiger partial charge in [0.05, 0.1) is 14.2 Å². The lowest BCUT2D eigenvalue weighted by Crippen LogP contribution is -2.04. The smallest absolute Gasteiger partial charge is 0.118 e. The van der Waals surface area contributed by atoms with Gasteiger partial charge in [0.15, 0.2) is 0 Å². The third-order valence-electron chi connectivity index (χ3n) is 4.17. The molecule has 0 radical (unpaired) electrons. The van der Waals surface area contributed by atoms with Gasteiger partial charge in [-0.25, -0.2) is 0 Å². The second-order valence-corrected chi connectivity index (χ2v) is 5.65. The van der Waals surface area contributed by atoms with Gasteiger partial charge in [-0.15, -0.1) is 0 Å². The maximum absolute atomic E-state index is 5.85. The van der Waals surface area contributed by atoms with Crippen LogP contribution in [0.2, 0.25) is 0 Å². The van der Waals surface area contributed by atoms with Gasteiger partial charge in [-0.1, -0.05) is 36.4 Å². The first-order valence-corrected chi connectivity index (χ1v) is 7.84. The normalized spacial score (nSPS) is 10.6. The van der Waals surface area contributed by atoms with Crippen molar-refractivity contribution in [3.8, 4) is 11.5 Å².